The van der Waals surface area contributed by atoms with Crippen LogP contribution >= 0.6 is 11.6 Å². The Hall–Kier alpha value is -1.45. The zero-order valence-corrected chi connectivity index (χ0v) is 13.7. The Morgan fingerprint density at radius 1 is 1.29 bits per heavy atom. The summed E-state index contributed by atoms with van der Waals surface area (Å²) in [6.45, 7) is 4.87. The Balaban J connectivity index is 2.10. The first-order valence-corrected chi connectivity index (χ1v) is 7.67. The van der Waals surface area contributed by atoms with E-state index in [1.54, 1.807) is 6.26 Å². The number of halogens is 1. The van der Waals surface area contributed by atoms with E-state index >= 15 is 0 Å². The van der Waals surface area contributed by atoms with Crippen molar-refractivity contribution in [3.05, 3.63) is 52.4 Å². The normalized spacial score (nSPS) is 12.4. The van der Waals surface area contributed by atoms with Crippen LogP contribution in [0.1, 0.15) is 30.2 Å². The van der Waals surface area contributed by atoms with Crippen LogP contribution in [0.2, 0.25) is 5.02 Å². The highest BCUT2D eigenvalue weighted by Crippen LogP contribution is 2.25. The summed E-state index contributed by atoms with van der Waals surface area (Å²) in [7, 11) is 2.05. The number of hydrogen-bond acceptors (Lipinski definition) is 3. The van der Waals surface area contributed by atoms with Crippen molar-refractivity contribution in [1.29, 1.82) is 0 Å². The Bertz CT molecular complexity index is 594. The van der Waals surface area contributed by atoms with E-state index in [4.69, 9.17) is 21.8 Å². The Kier molecular flexibility index (Phi) is 5.32. The molecule has 2 N–H and O–H groups in total. The molecule has 0 aliphatic heterocycles. The minimum Gasteiger partial charge on any atom is -0.469 e. The van der Waals surface area contributed by atoms with E-state index in [-0.39, 0.29) is 6.04 Å². The monoisotopic (exact) mass is 306 g/mol. The average Bonchev–Trinajstić information content (AvgIpc) is 2.86. The summed E-state index contributed by atoms with van der Waals surface area (Å²) in [5, 5.41) is 0.784. The van der Waals surface area contributed by atoms with Crippen LogP contribution < -0.4 is 10.6 Å². The summed E-state index contributed by atoms with van der Waals surface area (Å²) in [5.74, 6) is 0.957. The van der Waals surface area contributed by atoms with E-state index in [1.807, 2.05) is 19.1 Å². The number of nitrogens with two attached hydrogens (primary N) is 1. The summed E-state index contributed by atoms with van der Waals surface area (Å²) < 4.78 is 5.33. The minimum absolute atomic E-state index is 0.166. The summed E-state index contributed by atoms with van der Waals surface area (Å²) in [6.07, 6.45) is 3.50. The third-order valence-corrected chi connectivity index (χ3v) is 4.21. The van der Waals surface area contributed by atoms with Gasteiger partial charge in [0, 0.05) is 35.9 Å². The molecule has 3 nitrogen and oxygen atoms in total. The molecule has 0 aliphatic rings. The van der Waals surface area contributed by atoms with Crippen molar-refractivity contribution in [1.82, 2.24) is 0 Å². The highest BCUT2D eigenvalue weighted by atomic mass is 35.5. The van der Waals surface area contributed by atoms with Gasteiger partial charge in [-0.25, -0.2) is 0 Å². The van der Waals surface area contributed by atoms with Gasteiger partial charge in [0.05, 0.1) is 6.26 Å². The van der Waals surface area contributed by atoms with Crippen molar-refractivity contribution in [2.45, 2.75) is 39.3 Å². The molecule has 1 unspecified atom stereocenters. The van der Waals surface area contributed by atoms with Crippen molar-refractivity contribution in [2.75, 3.05) is 11.9 Å². The molecular formula is C17H23ClN2O. The van der Waals surface area contributed by atoms with E-state index in [0.29, 0.717) is 0 Å². The molecule has 1 heterocycles. The molecule has 114 valence electrons. The lowest BCUT2D eigenvalue weighted by molar-refractivity contribution is 0.529. The number of hydrogen-bond donors (Lipinski definition) is 1. The van der Waals surface area contributed by atoms with Gasteiger partial charge in [0.1, 0.15) is 5.76 Å². The molecule has 1 atom stereocenters. The first-order chi connectivity index (χ1) is 10.0. The maximum atomic E-state index is 6.39. The largest absolute Gasteiger partial charge is 0.469 e. The predicted octanol–water partition coefficient (Wildman–Crippen LogP) is 4.16. The van der Waals surface area contributed by atoms with Gasteiger partial charge in [-0.1, -0.05) is 24.6 Å². The van der Waals surface area contributed by atoms with Crippen molar-refractivity contribution in [3.8, 4) is 0 Å². The minimum atomic E-state index is 0.166. The number of furan rings is 1. The molecule has 0 spiro atoms. The molecule has 2 aromatic rings. The molecule has 0 saturated heterocycles. The van der Waals surface area contributed by atoms with Gasteiger partial charge in [-0.05, 0) is 43.5 Å². The number of nitrogens with zero attached hydrogens (tertiary/aromatic N) is 1. The molecule has 4 heteroatoms. The van der Waals surface area contributed by atoms with Crippen LogP contribution in [0, 0.1) is 6.92 Å². The number of anilines is 1. The lowest BCUT2D eigenvalue weighted by atomic mass is 10.0. The van der Waals surface area contributed by atoms with Crippen molar-refractivity contribution in [3.63, 3.8) is 0 Å². The standard InChI is InChI=1S/C17H23ClN2O/c1-4-15(19)9-13-5-6-16(10-17(13)18)20(3)11-14-7-8-21-12(14)2/h5-8,10,15H,4,9,11,19H2,1-3H3. The van der Waals surface area contributed by atoms with E-state index in [2.05, 4.69) is 31.0 Å². The van der Waals surface area contributed by atoms with Gasteiger partial charge in [-0.3, -0.25) is 0 Å². The zero-order chi connectivity index (χ0) is 15.4. The predicted molar refractivity (Wildman–Crippen MR) is 89.0 cm³/mol. The molecule has 0 saturated carbocycles. The van der Waals surface area contributed by atoms with Gasteiger partial charge in [0.2, 0.25) is 0 Å². The maximum absolute atomic E-state index is 6.39. The van der Waals surface area contributed by atoms with Crippen LogP contribution in [0.5, 0.6) is 0 Å². The van der Waals surface area contributed by atoms with Crippen LogP contribution in [0.15, 0.2) is 34.9 Å². The zero-order valence-electron chi connectivity index (χ0n) is 12.9. The first-order valence-electron chi connectivity index (χ1n) is 7.29. The van der Waals surface area contributed by atoms with E-state index in [0.717, 1.165) is 41.4 Å². The van der Waals surface area contributed by atoms with Crippen LogP contribution in [-0.2, 0) is 13.0 Å². The fourth-order valence-electron chi connectivity index (χ4n) is 2.29. The maximum Gasteiger partial charge on any atom is 0.105 e. The molecule has 1 aromatic heterocycles. The molecule has 21 heavy (non-hydrogen) atoms. The smallest absolute Gasteiger partial charge is 0.105 e. The van der Waals surface area contributed by atoms with Crippen molar-refractivity contribution >= 4 is 17.3 Å². The number of aryl methyl sites for hydroxylation is 1. The van der Waals surface area contributed by atoms with Gasteiger partial charge < -0.3 is 15.1 Å². The molecular weight excluding hydrogens is 284 g/mol. The first kappa shape index (κ1) is 15.9. The van der Waals surface area contributed by atoms with E-state index in [9.17, 15) is 0 Å². The summed E-state index contributed by atoms with van der Waals surface area (Å²) in [4.78, 5) is 2.16. The fourth-order valence-corrected chi connectivity index (χ4v) is 2.54. The van der Waals surface area contributed by atoms with Gasteiger partial charge in [-0.15, -0.1) is 0 Å². The second-order valence-electron chi connectivity index (χ2n) is 5.51. The molecule has 1 aromatic carbocycles. The molecule has 2 rings (SSSR count). The number of rotatable bonds is 6. The van der Waals surface area contributed by atoms with Crippen LogP contribution in [0.25, 0.3) is 0 Å². The second-order valence-corrected chi connectivity index (χ2v) is 5.91. The van der Waals surface area contributed by atoms with Gasteiger partial charge >= 0.3 is 0 Å². The molecule has 0 radical (unpaired) electrons. The third kappa shape index (κ3) is 4.02. The van der Waals surface area contributed by atoms with E-state index < -0.39 is 0 Å². The average molecular weight is 307 g/mol. The van der Waals surface area contributed by atoms with Crippen LogP contribution in [0.3, 0.4) is 0 Å². The van der Waals surface area contributed by atoms with Crippen molar-refractivity contribution < 1.29 is 4.42 Å². The summed E-state index contributed by atoms with van der Waals surface area (Å²) >= 11 is 6.39. The fraction of sp³-hybridized carbons (Fsp3) is 0.412. The topological polar surface area (TPSA) is 42.4 Å². The SMILES string of the molecule is CCC(N)Cc1ccc(N(C)Cc2ccoc2C)cc1Cl. The molecule has 0 aliphatic carbocycles. The van der Waals surface area contributed by atoms with Gasteiger partial charge in [0.15, 0.2) is 0 Å². The lowest BCUT2D eigenvalue weighted by Gasteiger charge is -2.20. The second kappa shape index (κ2) is 7.01. The summed E-state index contributed by atoms with van der Waals surface area (Å²) in [5.41, 5.74) is 9.39. The van der Waals surface area contributed by atoms with Crippen LogP contribution in [0.4, 0.5) is 5.69 Å². The van der Waals surface area contributed by atoms with Crippen molar-refractivity contribution in [2.24, 2.45) is 5.73 Å². The van der Waals surface area contributed by atoms with Gasteiger partial charge in [-0.2, -0.15) is 0 Å². The lowest BCUT2D eigenvalue weighted by Crippen LogP contribution is -2.21. The summed E-state index contributed by atoms with van der Waals surface area (Å²) in [6, 6.07) is 8.35. The van der Waals surface area contributed by atoms with E-state index in [1.165, 1.54) is 5.56 Å². The molecule has 0 fully saturated rings. The van der Waals surface area contributed by atoms with Gasteiger partial charge in [0.25, 0.3) is 0 Å². The Morgan fingerprint density at radius 2 is 2.05 bits per heavy atom. The molecule has 0 amide bonds. The molecule has 0 bridgehead atoms. The Morgan fingerprint density at radius 3 is 2.62 bits per heavy atom. The highest BCUT2D eigenvalue weighted by Gasteiger charge is 2.10. The third-order valence-electron chi connectivity index (χ3n) is 3.86. The quantitative estimate of drug-likeness (QED) is 0.871. The number of benzene rings is 1. The Labute approximate surface area is 131 Å². The van der Waals surface area contributed by atoms with Crippen LogP contribution in [-0.4, -0.2) is 13.1 Å². The highest BCUT2D eigenvalue weighted by molar-refractivity contribution is 6.31.